The number of hydrogen-bond acceptors (Lipinski definition) is 3. The van der Waals surface area contributed by atoms with Crippen LogP contribution in [-0.2, 0) is 8.85 Å². The fourth-order valence-electron chi connectivity index (χ4n) is 2.37. The van der Waals surface area contributed by atoms with Gasteiger partial charge in [-0.05, 0) is 58.5 Å². The quantitative estimate of drug-likeness (QED) is 0.498. The van der Waals surface area contributed by atoms with E-state index in [0.717, 1.165) is 25.4 Å². The Bertz CT molecular complexity index is 376. The van der Waals surface area contributed by atoms with Gasteiger partial charge < -0.3 is 13.4 Å². The van der Waals surface area contributed by atoms with Gasteiger partial charge in [-0.25, -0.2) is 4.79 Å². The Balaban J connectivity index is 4.68. The number of nitrogens with zero attached hydrogens (tertiary/aromatic N) is 1. The van der Waals surface area contributed by atoms with Gasteiger partial charge in [-0.1, -0.05) is 26.6 Å². The van der Waals surface area contributed by atoms with E-state index in [1.807, 2.05) is 4.57 Å². The lowest BCUT2D eigenvalue weighted by Crippen LogP contribution is -2.52. The number of rotatable bonds is 9. The normalized spacial score (nSPS) is 14.5. The van der Waals surface area contributed by atoms with E-state index in [0.29, 0.717) is 6.10 Å². The summed E-state index contributed by atoms with van der Waals surface area (Å²) >= 11 is 0. The first-order chi connectivity index (χ1) is 10.2. The molecule has 1 unspecified atom stereocenters. The monoisotopic (exact) mass is 377 g/mol. The SMILES string of the molecule is CCC(C)O[Si](C)(C)CCCN(C(=O)O[Si](C)(C)C)[Si](C)(C)C. The van der Waals surface area contributed by atoms with Crippen molar-refractivity contribution in [1.82, 2.24) is 4.57 Å². The van der Waals surface area contributed by atoms with Crippen molar-refractivity contribution in [3.05, 3.63) is 0 Å². The van der Waals surface area contributed by atoms with E-state index in [9.17, 15) is 4.79 Å². The summed E-state index contributed by atoms with van der Waals surface area (Å²) < 4.78 is 14.0. The Morgan fingerprint density at radius 2 is 1.57 bits per heavy atom. The summed E-state index contributed by atoms with van der Waals surface area (Å²) in [6, 6.07) is 1.08. The van der Waals surface area contributed by atoms with Crippen molar-refractivity contribution >= 4 is 31.0 Å². The summed E-state index contributed by atoms with van der Waals surface area (Å²) in [5.74, 6) is 0. The van der Waals surface area contributed by atoms with Gasteiger partial charge in [0.2, 0.25) is 8.32 Å². The molecule has 4 nitrogen and oxygen atoms in total. The number of carbonyl (C=O) groups is 1. The molecule has 0 N–H and O–H groups in total. The molecule has 0 heterocycles. The molecule has 0 aliphatic rings. The molecule has 1 amide bonds. The lowest BCUT2D eigenvalue weighted by Gasteiger charge is -2.36. The van der Waals surface area contributed by atoms with Gasteiger partial charge in [0, 0.05) is 12.6 Å². The molecule has 1 atom stereocenters. The van der Waals surface area contributed by atoms with E-state index in [1.54, 1.807) is 0 Å². The van der Waals surface area contributed by atoms with E-state index in [1.165, 1.54) is 0 Å². The zero-order valence-electron chi connectivity index (χ0n) is 17.1. The maximum Gasteiger partial charge on any atom is 0.388 e. The molecule has 0 aromatic rings. The van der Waals surface area contributed by atoms with Crippen molar-refractivity contribution in [1.29, 1.82) is 0 Å². The minimum atomic E-state index is -1.85. The summed E-state index contributed by atoms with van der Waals surface area (Å²) in [6.07, 6.45) is 2.29. The predicted molar refractivity (Wildman–Crippen MR) is 108 cm³/mol. The van der Waals surface area contributed by atoms with Crippen molar-refractivity contribution < 1.29 is 13.6 Å². The molecular formula is C16H39NO3Si3. The molecule has 0 saturated heterocycles. The van der Waals surface area contributed by atoms with Gasteiger partial charge in [0.25, 0.3) is 0 Å². The maximum absolute atomic E-state index is 12.5. The lowest BCUT2D eigenvalue weighted by atomic mass is 10.3. The van der Waals surface area contributed by atoms with Gasteiger partial charge in [0.15, 0.2) is 16.6 Å². The Kier molecular flexibility index (Phi) is 8.78. The van der Waals surface area contributed by atoms with E-state index >= 15 is 0 Å². The zero-order valence-corrected chi connectivity index (χ0v) is 20.1. The van der Waals surface area contributed by atoms with Gasteiger partial charge >= 0.3 is 6.09 Å². The summed E-state index contributed by atoms with van der Waals surface area (Å²) in [5, 5.41) is 0. The molecule has 0 radical (unpaired) electrons. The standard InChI is InChI=1S/C16H39NO3Si3/c1-11-15(2)19-23(9,10)14-12-13-17(21(3,4)5)16(18)20-22(6,7)8/h15H,11-14H2,1-10H3. The van der Waals surface area contributed by atoms with Crippen LogP contribution in [0.2, 0.25) is 58.4 Å². The summed E-state index contributed by atoms with van der Waals surface area (Å²) in [7, 11) is -5.23. The topological polar surface area (TPSA) is 38.8 Å². The molecule has 138 valence electrons. The first-order valence-electron chi connectivity index (χ1n) is 8.86. The van der Waals surface area contributed by atoms with Gasteiger partial charge in [-0.2, -0.15) is 0 Å². The van der Waals surface area contributed by atoms with Crippen LogP contribution in [0.3, 0.4) is 0 Å². The summed E-state index contributed by atoms with van der Waals surface area (Å²) in [4.78, 5) is 12.5. The van der Waals surface area contributed by atoms with Crippen molar-refractivity contribution in [2.45, 2.75) is 91.2 Å². The fourth-order valence-corrected chi connectivity index (χ4v) is 6.90. The zero-order chi connectivity index (χ0) is 18.5. The molecule has 0 aromatic carbocycles. The second kappa shape index (κ2) is 8.82. The van der Waals surface area contributed by atoms with Crippen molar-refractivity contribution in [2.24, 2.45) is 0 Å². The lowest BCUT2D eigenvalue weighted by molar-refractivity contribution is 0.174. The van der Waals surface area contributed by atoms with Crippen LogP contribution in [0.15, 0.2) is 0 Å². The molecule has 0 aromatic heterocycles. The predicted octanol–water partition coefficient (Wildman–Crippen LogP) is 5.51. The number of carbonyl (C=O) groups excluding carboxylic acids is 1. The number of hydrogen-bond donors (Lipinski definition) is 0. The number of amides is 1. The van der Waals surface area contributed by atoms with Crippen LogP contribution < -0.4 is 0 Å². The van der Waals surface area contributed by atoms with E-state index in [2.05, 4.69) is 66.2 Å². The Hall–Kier alpha value is -0.119. The highest BCUT2D eigenvalue weighted by molar-refractivity contribution is 6.76. The first kappa shape index (κ1) is 22.9. The van der Waals surface area contributed by atoms with Gasteiger partial charge in [0.05, 0.1) is 0 Å². The summed E-state index contributed by atoms with van der Waals surface area (Å²) in [6.45, 7) is 22.4. The maximum atomic E-state index is 12.5. The second-order valence-corrected chi connectivity index (χ2v) is 22.6. The Labute approximate surface area is 147 Å². The van der Waals surface area contributed by atoms with Crippen molar-refractivity contribution in [2.75, 3.05) is 6.54 Å². The van der Waals surface area contributed by atoms with Crippen molar-refractivity contribution in [3.63, 3.8) is 0 Å². The summed E-state index contributed by atoms with van der Waals surface area (Å²) in [5.41, 5.74) is 0. The third-order valence-corrected chi connectivity index (χ3v) is 9.09. The van der Waals surface area contributed by atoms with Crippen LogP contribution in [-0.4, -0.2) is 48.2 Å². The first-order valence-corrected chi connectivity index (χ1v) is 18.8. The molecule has 0 saturated carbocycles. The van der Waals surface area contributed by atoms with E-state index in [4.69, 9.17) is 8.85 Å². The van der Waals surface area contributed by atoms with Gasteiger partial charge in [-0.3, -0.25) is 0 Å². The Morgan fingerprint density at radius 3 is 1.96 bits per heavy atom. The minimum absolute atomic E-state index is 0.106. The molecule has 0 aliphatic carbocycles. The molecule has 23 heavy (non-hydrogen) atoms. The third-order valence-electron chi connectivity index (χ3n) is 3.68. The second-order valence-electron chi connectivity index (χ2n) is 9.00. The Morgan fingerprint density at radius 1 is 1.04 bits per heavy atom. The molecule has 0 bridgehead atoms. The fraction of sp³-hybridized carbons (Fsp3) is 0.938. The average molecular weight is 378 g/mol. The largest absolute Gasteiger partial charge is 0.505 e. The average Bonchev–Trinajstić information content (AvgIpc) is 2.29. The van der Waals surface area contributed by atoms with Crippen LogP contribution >= 0.6 is 0 Å². The highest BCUT2D eigenvalue weighted by Gasteiger charge is 2.33. The smallest absolute Gasteiger partial charge is 0.388 e. The van der Waals surface area contributed by atoms with Crippen LogP contribution in [0.4, 0.5) is 4.79 Å². The molecule has 0 spiro atoms. The highest BCUT2D eigenvalue weighted by Crippen LogP contribution is 2.20. The highest BCUT2D eigenvalue weighted by atomic mass is 28.4. The minimum Gasteiger partial charge on any atom is -0.505 e. The van der Waals surface area contributed by atoms with Crippen molar-refractivity contribution in [3.8, 4) is 0 Å². The molecular weight excluding hydrogens is 338 g/mol. The van der Waals surface area contributed by atoms with Crippen LogP contribution in [0, 0.1) is 0 Å². The van der Waals surface area contributed by atoms with E-state index in [-0.39, 0.29) is 6.09 Å². The van der Waals surface area contributed by atoms with Gasteiger partial charge in [-0.15, -0.1) is 0 Å². The van der Waals surface area contributed by atoms with Crippen LogP contribution in [0.25, 0.3) is 0 Å². The van der Waals surface area contributed by atoms with E-state index < -0.39 is 24.9 Å². The van der Waals surface area contributed by atoms with Crippen LogP contribution in [0.5, 0.6) is 0 Å². The van der Waals surface area contributed by atoms with Gasteiger partial charge in [0.1, 0.15) is 0 Å². The molecule has 0 fully saturated rings. The molecule has 0 rings (SSSR count). The molecule has 7 heteroatoms. The van der Waals surface area contributed by atoms with Crippen LogP contribution in [0.1, 0.15) is 26.7 Å². The third kappa shape index (κ3) is 10.4. The molecule has 0 aliphatic heterocycles.